The Hall–Kier alpha value is -2.11. The minimum atomic E-state index is -0.806. The molecule has 3 N–H and O–H groups in total. The Balaban J connectivity index is 1.91. The zero-order chi connectivity index (χ0) is 15.2. The van der Waals surface area contributed by atoms with Crippen LogP contribution in [0.1, 0.15) is 36.0 Å². The zero-order valence-corrected chi connectivity index (χ0v) is 11.9. The highest BCUT2D eigenvalue weighted by Crippen LogP contribution is 2.14. The lowest BCUT2D eigenvalue weighted by molar-refractivity contribution is -0.129. The number of nitrogens with two attached hydrogens (primary N) is 1. The van der Waals surface area contributed by atoms with Crippen LogP contribution in [-0.2, 0) is 4.79 Å². The van der Waals surface area contributed by atoms with E-state index in [0.717, 1.165) is 38.8 Å². The molecule has 0 radical (unpaired) electrons. The third kappa shape index (κ3) is 4.18. The summed E-state index contributed by atoms with van der Waals surface area (Å²) < 4.78 is 13.6. The van der Waals surface area contributed by atoms with Gasteiger partial charge >= 0.3 is 0 Å². The fourth-order valence-electron chi connectivity index (χ4n) is 2.43. The molecule has 1 aliphatic rings. The summed E-state index contributed by atoms with van der Waals surface area (Å²) in [6, 6.07) is 4.03. The largest absolute Gasteiger partial charge is 0.376 e. The number of anilines is 1. The summed E-state index contributed by atoms with van der Waals surface area (Å²) in [5.74, 6) is -1.48. The predicted molar refractivity (Wildman–Crippen MR) is 78.5 cm³/mol. The second kappa shape index (κ2) is 7.06. The first-order chi connectivity index (χ1) is 10.1. The Morgan fingerprint density at radius 1 is 1.19 bits per heavy atom. The number of primary amides is 1. The average Bonchev–Trinajstić information content (AvgIpc) is 2.73. The highest BCUT2D eigenvalue weighted by molar-refractivity contribution is 5.93. The van der Waals surface area contributed by atoms with Crippen molar-refractivity contribution < 1.29 is 14.0 Å². The highest BCUT2D eigenvalue weighted by atomic mass is 19.1. The fourth-order valence-corrected chi connectivity index (χ4v) is 2.43. The molecule has 2 amide bonds. The minimum Gasteiger partial charge on any atom is -0.376 e. The van der Waals surface area contributed by atoms with Crippen LogP contribution in [0.15, 0.2) is 18.2 Å². The van der Waals surface area contributed by atoms with E-state index in [2.05, 4.69) is 5.32 Å². The van der Waals surface area contributed by atoms with Crippen LogP contribution in [-0.4, -0.2) is 36.3 Å². The molecule has 1 aliphatic heterocycles. The van der Waals surface area contributed by atoms with Gasteiger partial charge in [-0.15, -0.1) is 0 Å². The minimum absolute atomic E-state index is 0.0104. The lowest BCUT2D eigenvalue weighted by Gasteiger charge is -2.20. The van der Waals surface area contributed by atoms with E-state index < -0.39 is 11.7 Å². The fraction of sp³-hybridized carbons (Fsp3) is 0.467. The maximum absolute atomic E-state index is 13.6. The van der Waals surface area contributed by atoms with E-state index in [1.54, 1.807) is 6.07 Å². The van der Waals surface area contributed by atoms with Crippen molar-refractivity contribution in [3.63, 3.8) is 0 Å². The molecule has 0 saturated carbocycles. The van der Waals surface area contributed by atoms with Crippen LogP contribution in [0.2, 0.25) is 0 Å². The number of rotatable bonds is 4. The maximum Gasteiger partial charge on any atom is 0.251 e. The van der Waals surface area contributed by atoms with E-state index in [4.69, 9.17) is 5.73 Å². The van der Waals surface area contributed by atoms with E-state index in [0.29, 0.717) is 5.69 Å². The van der Waals surface area contributed by atoms with Crippen molar-refractivity contribution in [3.8, 4) is 0 Å². The number of nitrogens with zero attached hydrogens (tertiary/aromatic N) is 1. The molecule has 1 fully saturated rings. The summed E-state index contributed by atoms with van der Waals surface area (Å²) in [5, 5.41) is 2.89. The summed E-state index contributed by atoms with van der Waals surface area (Å²) in [5.41, 5.74) is 5.34. The second-order valence-electron chi connectivity index (χ2n) is 5.21. The Bertz CT molecular complexity index is 526. The first kappa shape index (κ1) is 15.3. The van der Waals surface area contributed by atoms with Gasteiger partial charge in [0.05, 0.1) is 12.1 Å². The van der Waals surface area contributed by atoms with Gasteiger partial charge in [-0.3, -0.25) is 9.59 Å². The highest BCUT2D eigenvalue weighted by Gasteiger charge is 2.15. The number of nitrogens with one attached hydrogen (secondary N) is 1. The van der Waals surface area contributed by atoms with Gasteiger partial charge in [-0.25, -0.2) is 4.39 Å². The van der Waals surface area contributed by atoms with Gasteiger partial charge in [-0.05, 0) is 31.0 Å². The van der Waals surface area contributed by atoms with Crippen molar-refractivity contribution in [2.24, 2.45) is 5.73 Å². The third-order valence-electron chi connectivity index (χ3n) is 3.64. The van der Waals surface area contributed by atoms with Gasteiger partial charge in [0, 0.05) is 18.8 Å². The summed E-state index contributed by atoms with van der Waals surface area (Å²) in [4.78, 5) is 24.9. The van der Waals surface area contributed by atoms with Crippen LogP contribution >= 0.6 is 0 Å². The molecule has 0 aromatic heterocycles. The number of amides is 2. The zero-order valence-electron chi connectivity index (χ0n) is 11.9. The topological polar surface area (TPSA) is 75.4 Å². The molecule has 0 unspecified atom stereocenters. The molecule has 1 heterocycles. The van der Waals surface area contributed by atoms with E-state index in [1.165, 1.54) is 12.1 Å². The monoisotopic (exact) mass is 293 g/mol. The van der Waals surface area contributed by atoms with Gasteiger partial charge < -0.3 is 16.0 Å². The van der Waals surface area contributed by atoms with Crippen LogP contribution in [0.3, 0.4) is 0 Å². The molecule has 6 heteroatoms. The molecular weight excluding hydrogens is 273 g/mol. The van der Waals surface area contributed by atoms with E-state index >= 15 is 0 Å². The molecule has 0 aliphatic carbocycles. The molecule has 0 bridgehead atoms. The third-order valence-corrected chi connectivity index (χ3v) is 3.64. The smallest absolute Gasteiger partial charge is 0.251 e. The van der Waals surface area contributed by atoms with Crippen LogP contribution in [0.25, 0.3) is 0 Å². The van der Waals surface area contributed by atoms with Crippen LogP contribution < -0.4 is 11.1 Å². The molecule has 5 nitrogen and oxygen atoms in total. The number of hydrogen-bond acceptors (Lipinski definition) is 3. The average molecular weight is 293 g/mol. The van der Waals surface area contributed by atoms with Crippen molar-refractivity contribution in [2.45, 2.75) is 25.7 Å². The Labute approximate surface area is 123 Å². The number of hydrogen-bond donors (Lipinski definition) is 2. The first-order valence-corrected chi connectivity index (χ1v) is 7.19. The van der Waals surface area contributed by atoms with Crippen molar-refractivity contribution in [1.82, 2.24) is 4.90 Å². The molecule has 2 rings (SSSR count). The van der Waals surface area contributed by atoms with Crippen LogP contribution in [0.4, 0.5) is 10.1 Å². The Kier molecular flexibility index (Phi) is 5.14. The van der Waals surface area contributed by atoms with Gasteiger partial charge in [0.15, 0.2) is 0 Å². The SMILES string of the molecule is NC(=O)c1ccc(NCC(=O)N2CCCCCC2)cc1F. The number of halogens is 1. The normalized spacial score (nSPS) is 15.4. The number of carbonyl (C=O) groups excluding carboxylic acids is 2. The van der Waals surface area contributed by atoms with Gasteiger partial charge in [0.1, 0.15) is 5.82 Å². The van der Waals surface area contributed by atoms with Crippen LogP contribution in [0.5, 0.6) is 0 Å². The molecule has 0 atom stereocenters. The first-order valence-electron chi connectivity index (χ1n) is 7.19. The summed E-state index contributed by atoms with van der Waals surface area (Å²) in [6.45, 7) is 1.69. The van der Waals surface area contributed by atoms with Crippen LogP contribution in [0, 0.1) is 5.82 Å². The number of carbonyl (C=O) groups is 2. The molecular formula is C15H20FN3O2. The molecule has 1 aromatic rings. The quantitative estimate of drug-likeness (QED) is 0.888. The predicted octanol–water partition coefficient (Wildman–Crippen LogP) is 1.74. The van der Waals surface area contributed by atoms with Gasteiger partial charge in [0.25, 0.3) is 5.91 Å². The second-order valence-corrected chi connectivity index (χ2v) is 5.21. The summed E-state index contributed by atoms with van der Waals surface area (Å²) in [7, 11) is 0. The van der Waals surface area contributed by atoms with Gasteiger partial charge in [-0.1, -0.05) is 12.8 Å². The standard InChI is InChI=1S/C15H20FN3O2/c16-13-9-11(5-6-12(13)15(17)21)18-10-14(20)19-7-3-1-2-4-8-19/h5-6,9,18H,1-4,7-8,10H2,(H2,17,21). The molecule has 1 saturated heterocycles. The lowest BCUT2D eigenvalue weighted by atomic mass is 10.2. The van der Waals surface area contributed by atoms with E-state index in [9.17, 15) is 14.0 Å². The molecule has 21 heavy (non-hydrogen) atoms. The van der Waals surface area contributed by atoms with E-state index in [-0.39, 0.29) is 18.0 Å². The molecule has 114 valence electrons. The van der Waals surface area contributed by atoms with Crippen molar-refractivity contribution in [1.29, 1.82) is 0 Å². The van der Waals surface area contributed by atoms with Gasteiger partial charge in [-0.2, -0.15) is 0 Å². The van der Waals surface area contributed by atoms with Gasteiger partial charge in [0.2, 0.25) is 5.91 Å². The Morgan fingerprint density at radius 3 is 2.43 bits per heavy atom. The molecule has 1 aromatic carbocycles. The molecule has 0 spiro atoms. The van der Waals surface area contributed by atoms with Crippen molar-refractivity contribution >= 4 is 17.5 Å². The lowest BCUT2D eigenvalue weighted by Crippen LogP contribution is -2.36. The maximum atomic E-state index is 13.6. The summed E-state index contributed by atoms with van der Waals surface area (Å²) >= 11 is 0. The number of benzene rings is 1. The number of likely N-dealkylation sites (tertiary alicyclic amines) is 1. The Morgan fingerprint density at radius 2 is 1.86 bits per heavy atom. The van der Waals surface area contributed by atoms with Crippen molar-refractivity contribution in [2.75, 3.05) is 25.0 Å². The summed E-state index contributed by atoms with van der Waals surface area (Å²) in [6.07, 6.45) is 4.40. The van der Waals surface area contributed by atoms with E-state index in [1.807, 2.05) is 4.90 Å². The van der Waals surface area contributed by atoms with Crippen molar-refractivity contribution in [3.05, 3.63) is 29.6 Å².